The van der Waals surface area contributed by atoms with Gasteiger partial charge in [0.05, 0.1) is 0 Å². The molecule has 0 fully saturated rings. The molecule has 0 aliphatic rings. The predicted octanol–water partition coefficient (Wildman–Crippen LogP) is 20.0. The monoisotopic (exact) mass is 956 g/mol. The third kappa shape index (κ3) is 9.37. The Morgan fingerprint density at radius 3 is 1.27 bits per heavy atom. The number of aryl methyl sites for hydroxylation is 2. The van der Waals surface area contributed by atoms with Crippen molar-refractivity contribution in [3.8, 4) is 69.7 Å². The fourth-order valence-corrected chi connectivity index (χ4v) is 15.2. The molecule has 0 radical (unpaired) electrons. The highest BCUT2D eigenvalue weighted by Crippen LogP contribution is 2.46. The molecule has 7 heterocycles. The first-order valence-corrected chi connectivity index (χ1v) is 26.7. The summed E-state index contributed by atoms with van der Waals surface area (Å²) < 4.78 is 0. The number of thiol groups is 1. The second-order valence-corrected chi connectivity index (χ2v) is 23.0. The molecule has 0 aliphatic carbocycles. The van der Waals surface area contributed by atoms with E-state index in [1.54, 1.807) is 11.3 Å². The molecular formula is C55H40S8. The van der Waals surface area contributed by atoms with Crippen LogP contribution in [0.25, 0.3) is 98.9 Å². The van der Waals surface area contributed by atoms with Gasteiger partial charge in [0, 0.05) is 68.3 Å². The molecule has 0 spiro atoms. The molecule has 3 aromatic carbocycles. The molecule has 308 valence electrons. The minimum absolute atomic E-state index is 1.03. The molecule has 7 aromatic heterocycles. The summed E-state index contributed by atoms with van der Waals surface area (Å²) in [5, 5.41) is 2.18. The summed E-state index contributed by atoms with van der Waals surface area (Å²) in [6.07, 6.45) is 10.8. The maximum atomic E-state index is 4.61. The van der Waals surface area contributed by atoms with Crippen LogP contribution in [0.1, 0.15) is 45.2 Å². The summed E-state index contributed by atoms with van der Waals surface area (Å²) >= 11 is 17.6. The van der Waals surface area contributed by atoms with Crippen molar-refractivity contribution in [3.05, 3.63) is 195 Å². The smallest absolute Gasteiger partial charge is 0.0478 e. The van der Waals surface area contributed by atoms with Gasteiger partial charge in [-0.3, -0.25) is 0 Å². The Kier molecular flexibility index (Phi) is 12.5. The van der Waals surface area contributed by atoms with Crippen LogP contribution in [0.2, 0.25) is 0 Å². The summed E-state index contributed by atoms with van der Waals surface area (Å²) in [4.78, 5) is 18.1. The third-order valence-corrected chi connectivity index (χ3v) is 20.2. The summed E-state index contributed by atoms with van der Waals surface area (Å²) in [5.41, 5.74) is 9.92. The van der Waals surface area contributed by atoms with Crippen LogP contribution in [0.3, 0.4) is 0 Å². The fraction of sp³-hybridized carbons (Fsp3) is 0.0545. The van der Waals surface area contributed by atoms with Crippen molar-refractivity contribution < 1.29 is 0 Å². The van der Waals surface area contributed by atoms with Gasteiger partial charge in [0.15, 0.2) is 0 Å². The molecule has 0 nitrogen and oxygen atoms in total. The molecule has 0 bridgehead atoms. The second kappa shape index (κ2) is 18.7. The van der Waals surface area contributed by atoms with Gasteiger partial charge in [-0.25, -0.2) is 0 Å². The van der Waals surface area contributed by atoms with Crippen LogP contribution in [0.4, 0.5) is 0 Å². The molecule has 0 unspecified atom stereocenters. The van der Waals surface area contributed by atoms with E-state index in [0.29, 0.717) is 0 Å². The quantitative estimate of drug-likeness (QED) is 0.0916. The first-order chi connectivity index (χ1) is 30.8. The Balaban J connectivity index is 0.735. The summed E-state index contributed by atoms with van der Waals surface area (Å²) in [6, 6.07) is 53.6. The zero-order valence-electron chi connectivity index (χ0n) is 34.6. The van der Waals surface area contributed by atoms with Gasteiger partial charge in [0.25, 0.3) is 0 Å². The van der Waals surface area contributed by atoms with E-state index in [0.717, 1.165) is 4.91 Å². The number of rotatable bonds is 12. The summed E-state index contributed by atoms with van der Waals surface area (Å²) in [7, 11) is 0. The lowest BCUT2D eigenvalue weighted by molar-refractivity contribution is 1.55. The van der Waals surface area contributed by atoms with E-state index in [1.165, 1.54) is 108 Å². The van der Waals surface area contributed by atoms with Crippen molar-refractivity contribution in [2.45, 2.75) is 20.8 Å². The van der Waals surface area contributed by atoms with E-state index in [-0.39, 0.29) is 0 Å². The lowest BCUT2D eigenvalue weighted by Gasteiger charge is -2.01. The summed E-state index contributed by atoms with van der Waals surface area (Å²) in [6.45, 7) is 6.45. The fourth-order valence-electron chi connectivity index (χ4n) is 7.28. The van der Waals surface area contributed by atoms with Gasteiger partial charge in [-0.2, -0.15) is 0 Å². The van der Waals surface area contributed by atoms with E-state index in [1.807, 2.05) is 81.0 Å². The van der Waals surface area contributed by atoms with Crippen LogP contribution in [0, 0.1) is 13.8 Å². The SMILES string of the molecule is C/C=C(\S)c1ccc(-c2ccc(-c3sc(-c4ccc(/C=C/c5ccc(/C=C/c6ccc(-c7ccc(-c8ccc(-c9ccc(-c%10sccc%10C)s9)s8)s7)cc6)cc5)cc4)cc3C)s2)s1. The molecule has 0 N–H and O–H groups in total. The molecule has 8 heteroatoms. The zero-order chi connectivity index (χ0) is 42.9. The van der Waals surface area contributed by atoms with E-state index in [9.17, 15) is 0 Å². The van der Waals surface area contributed by atoms with Gasteiger partial charge >= 0.3 is 0 Å². The highest BCUT2D eigenvalue weighted by atomic mass is 32.1. The topological polar surface area (TPSA) is 0 Å². The zero-order valence-corrected chi connectivity index (χ0v) is 41.2. The Morgan fingerprint density at radius 2 is 0.778 bits per heavy atom. The Bertz CT molecular complexity index is 3250. The average molecular weight is 957 g/mol. The third-order valence-electron chi connectivity index (χ3n) is 10.8. The molecule has 0 aliphatic heterocycles. The van der Waals surface area contributed by atoms with Crippen LogP contribution in [-0.4, -0.2) is 0 Å². The van der Waals surface area contributed by atoms with Crippen molar-refractivity contribution >= 4 is 121 Å². The van der Waals surface area contributed by atoms with Gasteiger partial charge in [0.1, 0.15) is 0 Å². The minimum Gasteiger partial charge on any atom is -0.143 e. The Morgan fingerprint density at radius 1 is 0.381 bits per heavy atom. The highest BCUT2D eigenvalue weighted by Gasteiger charge is 2.15. The molecule has 63 heavy (non-hydrogen) atoms. The average Bonchev–Trinajstić information content (AvgIpc) is 4.16. The minimum atomic E-state index is 1.03. The van der Waals surface area contributed by atoms with E-state index < -0.39 is 0 Å². The van der Waals surface area contributed by atoms with Crippen LogP contribution in [0.5, 0.6) is 0 Å². The first kappa shape index (κ1) is 42.1. The van der Waals surface area contributed by atoms with Gasteiger partial charge in [0.2, 0.25) is 0 Å². The molecule has 0 atom stereocenters. The van der Waals surface area contributed by atoms with E-state index >= 15 is 0 Å². The number of hydrogen-bond acceptors (Lipinski definition) is 8. The standard InChI is InChI=1S/C55H40S8/c1-4-42(56)44-22-24-46(59-44)49-28-30-52(62-49)55-35(3)33-53(63-55)41-19-15-39(16-20-41)12-10-37-7-5-36(6-8-37)9-11-38-13-17-40(18-14-38)43-21-23-45(58-43)47-25-26-48(60-47)50-27-29-51(61-50)54-34(2)31-32-57-54/h4-33,56H,1-3H3/b11-9+,12-10+,42-4-. The molecular weight excluding hydrogens is 917 g/mol. The van der Waals surface area contributed by atoms with Gasteiger partial charge in [-0.15, -0.1) is 92.0 Å². The maximum absolute atomic E-state index is 4.61. The normalized spacial score (nSPS) is 12.1. The van der Waals surface area contributed by atoms with E-state index in [4.69, 9.17) is 0 Å². The molecule has 0 saturated carbocycles. The number of thiophene rings is 7. The second-order valence-electron chi connectivity index (χ2n) is 15.1. The Hall–Kier alpha value is -4.87. The van der Waals surface area contributed by atoms with Crippen molar-refractivity contribution in [3.63, 3.8) is 0 Å². The number of hydrogen-bond donors (Lipinski definition) is 1. The van der Waals surface area contributed by atoms with Crippen LogP contribution < -0.4 is 0 Å². The van der Waals surface area contributed by atoms with Crippen molar-refractivity contribution in [2.24, 2.45) is 0 Å². The largest absolute Gasteiger partial charge is 0.143 e. The van der Waals surface area contributed by atoms with Crippen LogP contribution >= 0.6 is 92.0 Å². The van der Waals surface area contributed by atoms with Gasteiger partial charge in [-0.1, -0.05) is 103 Å². The van der Waals surface area contributed by atoms with Gasteiger partial charge < -0.3 is 0 Å². The highest BCUT2D eigenvalue weighted by molar-refractivity contribution is 7.90. The molecule has 0 amide bonds. The van der Waals surface area contributed by atoms with E-state index in [2.05, 4.69) is 202 Å². The number of benzene rings is 3. The molecule has 0 saturated heterocycles. The lowest BCUT2D eigenvalue weighted by Crippen LogP contribution is -1.77. The first-order valence-electron chi connectivity index (χ1n) is 20.5. The van der Waals surface area contributed by atoms with Gasteiger partial charge in [-0.05, 0) is 143 Å². The maximum Gasteiger partial charge on any atom is 0.0478 e. The Labute approximate surface area is 403 Å². The van der Waals surface area contributed by atoms with Crippen LogP contribution in [-0.2, 0) is 0 Å². The molecule has 10 rings (SSSR count). The molecule has 10 aromatic rings. The van der Waals surface area contributed by atoms with Crippen molar-refractivity contribution in [2.75, 3.05) is 0 Å². The van der Waals surface area contributed by atoms with Crippen molar-refractivity contribution in [1.82, 2.24) is 0 Å². The van der Waals surface area contributed by atoms with Crippen molar-refractivity contribution in [1.29, 1.82) is 0 Å². The summed E-state index contributed by atoms with van der Waals surface area (Å²) in [5.74, 6) is 0. The number of allylic oxidation sites excluding steroid dienone is 1. The lowest BCUT2D eigenvalue weighted by atomic mass is 10.1. The predicted molar refractivity (Wildman–Crippen MR) is 292 cm³/mol. The van der Waals surface area contributed by atoms with Crippen LogP contribution in [0.15, 0.2) is 157 Å².